The van der Waals surface area contributed by atoms with Crippen LogP contribution in [0.25, 0.3) is 21.9 Å². The van der Waals surface area contributed by atoms with E-state index in [0.717, 1.165) is 71.1 Å². The second-order valence-corrected chi connectivity index (χ2v) is 9.20. The number of aryl methyl sites for hydroxylation is 2. The van der Waals surface area contributed by atoms with Gasteiger partial charge in [-0.05, 0) is 74.2 Å². The Morgan fingerprint density at radius 3 is 2.47 bits per heavy atom. The maximum absolute atomic E-state index is 13.0. The molecule has 2 heterocycles. The summed E-state index contributed by atoms with van der Waals surface area (Å²) >= 11 is 0. The molecule has 0 atom stereocenters. The van der Waals surface area contributed by atoms with Gasteiger partial charge in [-0.25, -0.2) is 0 Å². The van der Waals surface area contributed by atoms with Crippen molar-refractivity contribution in [3.05, 3.63) is 63.6 Å². The summed E-state index contributed by atoms with van der Waals surface area (Å²) in [6.45, 7) is 8.04. The van der Waals surface area contributed by atoms with Crippen molar-refractivity contribution in [1.29, 1.82) is 0 Å². The molecule has 0 unspecified atom stereocenters. The molecule has 1 aromatic heterocycles. The predicted octanol–water partition coefficient (Wildman–Crippen LogP) is 4.86. The Hall–Kier alpha value is -3.36. The number of pyridine rings is 1. The van der Waals surface area contributed by atoms with Gasteiger partial charge in [0, 0.05) is 24.7 Å². The van der Waals surface area contributed by atoms with Gasteiger partial charge in [0.2, 0.25) is 0 Å². The van der Waals surface area contributed by atoms with E-state index in [1.807, 2.05) is 30.3 Å². The van der Waals surface area contributed by atoms with Gasteiger partial charge in [0.15, 0.2) is 0 Å². The zero-order valence-corrected chi connectivity index (χ0v) is 20.9. The molecule has 0 spiro atoms. The van der Waals surface area contributed by atoms with Crippen molar-refractivity contribution in [2.45, 2.75) is 59.0 Å². The lowest BCUT2D eigenvalue weighted by Crippen LogP contribution is -2.23. The van der Waals surface area contributed by atoms with Crippen molar-refractivity contribution in [2.24, 2.45) is 7.05 Å². The fraction of sp³-hybridized carbons (Fsp3) is 0.379. The average molecular weight is 462 g/mol. The summed E-state index contributed by atoms with van der Waals surface area (Å²) < 4.78 is 7.39. The predicted molar refractivity (Wildman–Crippen MR) is 139 cm³/mol. The van der Waals surface area contributed by atoms with Crippen LogP contribution >= 0.6 is 0 Å². The molecule has 0 amide bonds. The average Bonchev–Trinajstić information content (AvgIpc) is 2.82. The number of terminal acetylenes is 1. The molecule has 1 aliphatic heterocycles. The number of hydrogen-bond donors (Lipinski definition) is 1. The lowest BCUT2D eigenvalue weighted by atomic mass is 9.91. The van der Waals surface area contributed by atoms with Crippen LogP contribution in [0.3, 0.4) is 0 Å². The standard InChI is InChI=1S/C23H23NO3.C4H10O.C2H2/c1-3-15-6-4-8-18-21(19(11-12-25)24(2)23(26)22(15)18)17-9-10-20-16(14-17)7-5-13-27-20;1-4(2,3)5;1-2/h4,6,8-10,12,14H,3,5,7,11,13H2,1-2H3;5H,1-3H3;1-2H. The van der Waals surface area contributed by atoms with Crippen LogP contribution in [0.1, 0.15) is 50.9 Å². The number of fused-ring (bicyclic) bond motifs is 2. The molecule has 5 nitrogen and oxygen atoms in total. The molecule has 0 saturated carbocycles. The molecule has 180 valence electrons. The number of aldehydes is 1. The van der Waals surface area contributed by atoms with Gasteiger partial charge in [-0.1, -0.05) is 31.2 Å². The minimum absolute atomic E-state index is 0.0376. The number of hydrogen-bond acceptors (Lipinski definition) is 4. The van der Waals surface area contributed by atoms with Crippen LogP contribution in [0.15, 0.2) is 41.2 Å². The highest BCUT2D eigenvalue weighted by Gasteiger charge is 2.19. The van der Waals surface area contributed by atoms with E-state index in [0.29, 0.717) is 0 Å². The lowest BCUT2D eigenvalue weighted by molar-refractivity contribution is -0.107. The molecule has 0 fully saturated rings. The molecule has 1 aliphatic rings. The quantitative estimate of drug-likeness (QED) is 0.445. The highest BCUT2D eigenvalue weighted by molar-refractivity contribution is 5.99. The zero-order chi connectivity index (χ0) is 25.5. The summed E-state index contributed by atoms with van der Waals surface area (Å²) in [7, 11) is 1.76. The van der Waals surface area contributed by atoms with Crippen LogP contribution in [0.2, 0.25) is 0 Å². The number of rotatable bonds is 4. The summed E-state index contributed by atoms with van der Waals surface area (Å²) in [5, 5.41) is 10.2. The van der Waals surface area contributed by atoms with Gasteiger partial charge in [-0.15, -0.1) is 12.8 Å². The first-order valence-corrected chi connectivity index (χ1v) is 11.5. The third-order valence-electron chi connectivity index (χ3n) is 5.49. The minimum Gasteiger partial charge on any atom is -0.493 e. The summed E-state index contributed by atoms with van der Waals surface area (Å²) in [5.41, 5.74) is 4.45. The SMILES string of the molecule is C#C.CC(C)(C)O.CCc1cccc2c(-c3ccc4c(c3)CCCO4)c(CC=O)n(C)c(=O)c12. The van der Waals surface area contributed by atoms with Gasteiger partial charge in [0.05, 0.1) is 17.6 Å². The van der Waals surface area contributed by atoms with Crippen molar-refractivity contribution in [2.75, 3.05) is 6.61 Å². The number of nitrogens with zero attached hydrogens (tertiary/aromatic N) is 1. The molecule has 0 radical (unpaired) electrons. The Balaban J connectivity index is 0.000000520. The molecule has 1 N–H and O–H groups in total. The van der Waals surface area contributed by atoms with E-state index < -0.39 is 5.60 Å². The Labute approximate surface area is 202 Å². The fourth-order valence-corrected chi connectivity index (χ4v) is 4.13. The van der Waals surface area contributed by atoms with Crippen molar-refractivity contribution >= 4 is 17.1 Å². The molecule has 0 saturated heterocycles. The topological polar surface area (TPSA) is 68.5 Å². The molecule has 4 rings (SSSR count). The Morgan fingerprint density at radius 2 is 1.85 bits per heavy atom. The molecule has 5 heteroatoms. The van der Waals surface area contributed by atoms with E-state index in [4.69, 9.17) is 9.84 Å². The van der Waals surface area contributed by atoms with Crippen LogP contribution in [0.5, 0.6) is 5.75 Å². The van der Waals surface area contributed by atoms with Gasteiger partial charge in [0.25, 0.3) is 5.56 Å². The molecule has 2 aromatic carbocycles. The van der Waals surface area contributed by atoms with E-state index in [1.165, 1.54) is 5.56 Å². The van der Waals surface area contributed by atoms with Crippen LogP contribution < -0.4 is 10.3 Å². The van der Waals surface area contributed by atoms with Crippen LogP contribution in [-0.4, -0.2) is 28.2 Å². The third-order valence-corrected chi connectivity index (χ3v) is 5.49. The molecular weight excluding hydrogens is 426 g/mol. The summed E-state index contributed by atoms with van der Waals surface area (Å²) in [6, 6.07) is 12.2. The lowest BCUT2D eigenvalue weighted by Gasteiger charge is -2.21. The number of carbonyl (C=O) groups excluding carboxylic acids is 1. The summed E-state index contributed by atoms with van der Waals surface area (Å²) in [6.07, 6.45) is 11.9. The normalized spacial score (nSPS) is 12.4. The fourth-order valence-electron chi connectivity index (χ4n) is 4.13. The maximum Gasteiger partial charge on any atom is 0.258 e. The van der Waals surface area contributed by atoms with Gasteiger partial charge >= 0.3 is 0 Å². The zero-order valence-electron chi connectivity index (χ0n) is 20.9. The first-order valence-electron chi connectivity index (χ1n) is 11.5. The number of aromatic nitrogens is 1. The Morgan fingerprint density at radius 1 is 1.18 bits per heavy atom. The number of aliphatic hydroxyl groups is 1. The van der Waals surface area contributed by atoms with Crippen LogP contribution in [0.4, 0.5) is 0 Å². The molecular formula is C29H35NO4. The summed E-state index contributed by atoms with van der Waals surface area (Å²) in [4.78, 5) is 24.4. The second-order valence-electron chi connectivity index (χ2n) is 9.20. The molecule has 0 bridgehead atoms. The van der Waals surface area contributed by atoms with Crippen molar-refractivity contribution in [3.63, 3.8) is 0 Å². The van der Waals surface area contributed by atoms with Gasteiger partial charge in [0.1, 0.15) is 12.0 Å². The molecule has 34 heavy (non-hydrogen) atoms. The maximum atomic E-state index is 13.0. The summed E-state index contributed by atoms with van der Waals surface area (Å²) in [5.74, 6) is 0.935. The smallest absolute Gasteiger partial charge is 0.258 e. The Bertz CT molecular complexity index is 1220. The van der Waals surface area contributed by atoms with Gasteiger partial charge in [-0.2, -0.15) is 0 Å². The largest absolute Gasteiger partial charge is 0.493 e. The van der Waals surface area contributed by atoms with Crippen LogP contribution in [-0.2, 0) is 31.1 Å². The Kier molecular flexibility index (Phi) is 9.23. The monoisotopic (exact) mass is 461 g/mol. The van der Waals surface area contributed by atoms with Crippen molar-refractivity contribution in [3.8, 4) is 29.7 Å². The van der Waals surface area contributed by atoms with Gasteiger partial charge in [-0.3, -0.25) is 4.79 Å². The van der Waals surface area contributed by atoms with E-state index >= 15 is 0 Å². The van der Waals surface area contributed by atoms with Gasteiger partial charge < -0.3 is 19.2 Å². The van der Waals surface area contributed by atoms with E-state index in [2.05, 4.69) is 25.8 Å². The minimum atomic E-state index is -0.500. The molecule has 3 aromatic rings. The number of ether oxygens (including phenoxy) is 1. The van der Waals surface area contributed by atoms with Crippen molar-refractivity contribution < 1.29 is 14.6 Å². The second kappa shape index (κ2) is 11.7. The first-order chi connectivity index (χ1) is 16.2. The third kappa shape index (κ3) is 6.15. The first kappa shape index (κ1) is 26.9. The number of benzene rings is 2. The van der Waals surface area contributed by atoms with E-state index in [1.54, 1.807) is 32.4 Å². The highest BCUT2D eigenvalue weighted by Crippen LogP contribution is 2.36. The van der Waals surface area contributed by atoms with Crippen molar-refractivity contribution in [1.82, 2.24) is 4.57 Å². The number of carbonyl (C=O) groups is 1. The van der Waals surface area contributed by atoms with E-state index in [-0.39, 0.29) is 12.0 Å². The highest BCUT2D eigenvalue weighted by atomic mass is 16.5. The van der Waals surface area contributed by atoms with Crippen LogP contribution in [0, 0.1) is 12.8 Å². The van der Waals surface area contributed by atoms with E-state index in [9.17, 15) is 9.59 Å². The molecule has 0 aliphatic carbocycles.